The van der Waals surface area contributed by atoms with Gasteiger partial charge in [-0.15, -0.1) is 10.2 Å². The zero-order valence-electron chi connectivity index (χ0n) is 15.6. The summed E-state index contributed by atoms with van der Waals surface area (Å²) in [6, 6.07) is 12.3. The van der Waals surface area contributed by atoms with Crippen LogP contribution in [-0.4, -0.2) is 23.4 Å². The highest BCUT2D eigenvalue weighted by Crippen LogP contribution is 2.40. The van der Waals surface area contributed by atoms with Crippen LogP contribution in [0.3, 0.4) is 0 Å². The number of fused-ring (bicyclic) bond motifs is 1. The Bertz CT molecular complexity index is 954. The molecule has 2 N–H and O–H groups in total. The summed E-state index contributed by atoms with van der Waals surface area (Å²) in [4.78, 5) is 0. The van der Waals surface area contributed by atoms with Crippen molar-refractivity contribution in [2.45, 2.75) is 32.7 Å². The van der Waals surface area contributed by atoms with Gasteiger partial charge in [0.1, 0.15) is 10.0 Å². The summed E-state index contributed by atoms with van der Waals surface area (Å²) < 4.78 is 11.4. The first-order valence-electron chi connectivity index (χ1n) is 9.32. The van der Waals surface area contributed by atoms with Crippen molar-refractivity contribution < 1.29 is 9.47 Å². The third-order valence-corrected chi connectivity index (χ3v) is 5.77. The molecule has 5 nitrogen and oxygen atoms in total. The molecule has 1 atom stereocenters. The van der Waals surface area contributed by atoms with Crippen LogP contribution < -0.4 is 15.2 Å². The molecule has 0 bridgehead atoms. The van der Waals surface area contributed by atoms with Crippen LogP contribution in [0.4, 0.5) is 0 Å². The number of hydrogen-bond acceptors (Lipinski definition) is 6. The number of benzene rings is 2. The van der Waals surface area contributed by atoms with Gasteiger partial charge in [0.15, 0.2) is 11.5 Å². The molecule has 1 aliphatic rings. The predicted octanol–water partition coefficient (Wildman–Crippen LogP) is 4.62. The van der Waals surface area contributed by atoms with Crippen LogP contribution >= 0.6 is 11.3 Å². The fourth-order valence-electron chi connectivity index (χ4n) is 3.52. The average Bonchev–Trinajstić information content (AvgIpc) is 3.31. The molecule has 0 fully saturated rings. The lowest BCUT2D eigenvalue weighted by Crippen LogP contribution is -2.04. The van der Waals surface area contributed by atoms with Gasteiger partial charge in [-0.2, -0.15) is 0 Å². The molecule has 3 aromatic rings. The molecule has 0 radical (unpaired) electrons. The predicted molar refractivity (Wildman–Crippen MR) is 108 cm³/mol. The Balaban J connectivity index is 1.69. The lowest BCUT2D eigenvalue weighted by Gasteiger charge is -2.11. The maximum absolute atomic E-state index is 6.22. The van der Waals surface area contributed by atoms with Gasteiger partial charge in [0.25, 0.3) is 0 Å². The molecule has 0 amide bonds. The fourth-order valence-corrected chi connectivity index (χ4v) is 4.41. The quantitative estimate of drug-likeness (QED) is 0.675. The van der Waals surface area contributed by atoms with Gasteiger partial charge in [-0.3, -0.25) is 0 Å². The molecule has 2 aromatic carbocycles. The molecule has 1 heterocycles. The zero-order valence-corrected chi connectivity index (χ0v) is 16.4. The van der Waals surface area contributed by atoms with E-state index in [0.29, 0.717) is 13.2 Å². The van der Waals surface area contributed by atoms with Crippen molar-refractivity contribution in [3.63, 3.8) is 0 Å². The zero-order chi connectivity index (χ0) is 18.8. The summed E-state index contributed by atoms with van der Waals surface area (Å²) in [6.07, 6.45) is 1.99. The van der Waals surface area contributed by atoms with Crippen LogP contribution in [0.15, 0.2) is 36.4 Å². The molecule has 0 spiro atoms. The smallest absolute Gasteiger partial charge is 0.161 e. The third-order valence-electron chi connectivity index (χ3n) is 4.76. The molecule has 0 unspecified atom stereocenters. The van der Waals surface area contributed by atoms with Crippen LogP contribution in [0.1, 0.15) is 37.4 Å². The number of aromatic nitrogens is 2. The number of rotatable bonds is 6. The molecule has 140 valence electrons. The van der Waals surface area contributed by atoms with E-state index in [1.807, 2.05) is 32.0 Å². The number of hydrogen-bond donors (Lipinski definition) is 1. The summed E-state index contributed by atoms with van der Waals surface area (Å²) in [5.74, 6) is 1.49. The maximum Gasteiger partial charge on any atom is 0.161 e. The van der Waals surface area contributed by atoms with E-state index in [9.17, 15) is 0 Å². The largest absolute Gasteiger partial charge is 0.490 e. The third kappa shape index (κ3) is 3.42. The van der Waals surface area contributed by atoms with Gasteiger partial charge in [0.2, 0.25) is 0 Å². The van der Waals surface area contributed by atoms with Crippen molar-refractivity contribution in [2.24, 2.45) is 5.73 Å². The Kier molecular flexibility index (Phi) is 5.09. The normalized spacial score (nSPS) is 15.6. The lowest BCUT2D eigenvalue weighted by atomic mass is 10.0. The van der Waals surface area contributed by atoms with Gasteiger partial charge >= 0.3 is 0 Å². The van der Waals surface area contributed by atoms with E-state index in [4.69, 9.17) is 15.2 Å². The second-order valence-corrected chi connectivity index (χ2v) is 7.44. The van der Waals surface area contributed by atoms with Gasteiger partial charge in [-0.25, -0.2) is 0 Å². The molecule has 27 heavy (non-hydrogen) atoms. The van der Waals surface area contributed by atoms with E-state index in [0.717, 1.165) is 45.5 Å². The van der Waals surface area contributed by atoms with Crippen molar-refractivity contribution in [3.8, 4) is 32.6 Å². The SMILES string of the molecule is CCOc1ccc(-c2nnc(-c3cccc4c3CC[C@H]4N)s2)cc1OCC. The highest BCUT2D eigenvalue weighted by Gasteiger charge is 2.23. The maximum atomic E-state index is 6.22. The van der Waals surface area contributed by atoms with Crippen molar-refractivity contribution in [3.05, 3.63) is 47.5 Å². The van der Waals surface area contributed by atoms with Crippen molar-refractivity contribution in [1.29, 1.82) is 0 Å². The van der Waals surface area contributed by atoms with Crippen molar-refractivity contribution in [2.75, 3.05) is 13.2 Å². The highest BCUT2D eigenvalue weighted by atomic mass is 32.1. The topological polar surface area (TPSA) is 70.3 Å². The molecule has 4 rings (SSSR count). The Hall–Kier alpha value is -2.44. The Labute approximate surface area is 163 Å². The first-order chi connectivity index (χ1) is 13.2. The Morgan fingerprint density at radius 3 is 2.63 bits per heavy atom. The Morgan fingerprint density at radius 1 is 1.04 bits per heavy atom. The minimum absolute atomic E-state index is 0.132. The number of ether oxygens (including phenoxy) is 2. The minimum atomic E-state index is 0.132. The van der Waals surface area contributed by atoms with Gasteiger partial charge in [-0.1, -0.05) is 29.5 Å². The van der Waals surface area contributed by atoms with E-state index in [2.05, 4.69) is 28.4 Å². The lowest BCUT2D eigenvalue weighted by molar-refractivity contribution is 0.288. The molecule has 1 aliphatic carbocycles. The summed E-state index contributed by atoms with van der Waals surface area (Å²) in [6.45, 7) is 5.11. The van der Waals surface area contributed by atoms with E-state index >= 15 is 0 Å². The van der Waals surface area contributed by atoms with E-state index < -0.39 is 0 Å². The summed E-state index contributed by atoms with van der Waals surface area (Å²) in [5, 5.41) is 10.7. The van der Waals surface area contributed by atoms with Crippen LogP contribution in [0.25, 0.3) is 21.1 Å². The molecular weight excluding hydrogens is 358 g/mol. The van der Waals surface area contributed by atoms with Gasteiger partial charge < -0.3 is 15.2 Å². The first-order valence-corrected chi connectivity index (χ1v) is 10.1. The second-order valence-electron chi connectivity index (χ2n) is 6.46. The number of nitrogens with two attached hydrogens (primary N) is 1. The van der Waals surface area contributed by atoms with Gasteiger partial charge in [0.05, 0.1) is 13.2 Å². The molecule has 0 aliphatic heterocycles. The minimum Gasteiger partial charge on any atom is -0.490 e. The van der Waals surface area contributed by atoms with Crippen molar-refractivity contribution in [1.82, 2.24) is 10.2 Å². The summed E-state index contributed by atoms with van der Waals surface area (Å²) >= 11 is 1.59. The van der Waals surface area contributed by atoms with Gasteiger partial charge in [-0.05, 0) is 56.0 Å². The standard InChI is InChI=1S/C21H23N3O2S/c1-3-25-18-11-8-13(12-19(18)26-4-2)20-23-24-21(27-20)16-7-5-6-15-14(16)9-10-17(15)22/h5-8,11-12,17H,3-4,9-10,22H2,1-2H3/t17-/m1/s1. The molecule has 6 heteroatoms. The average molecular weight is 382 g/mol. The summed E-state index contributed by atoms with van der Waals surface area (Å²) in [7, 11) is 0. The second kappa shape index (κ2) is 7.66. The van der Waals surface area contributed by atoms with Crippen LogP contribution in [-0.2, 0) is 6.42 Å². The van der Waals surface area contributed by atoms with E-state index in [1.54, 1.807) is 11.3 Å². The van der Waals surface area contributed by atoms with Gasteiger partial charge in [0, 0.05) is 17.2 Å². The van der Waals surface area contributed by atoms with Crippen LogP contribution in [0.2, 0.25) is 0 Å². The monoisotopic (exact) mass is 381 g/mol. The van der Waals surface area contributed by atoms with E-state index in [-0.39, 0.29) is 6.04 Å². The molecule has 0 saturated carbocycles. The van der Waals surface area contributed by atoms with Crippen LogP contribution in [0.5, 0.6) is 11.5 Å². The first kappa shape index (κ1) is 17.9. The molecule has 1 aromatic heterocycles. The van der Waals surface area contributed by atoms with Crippen LogP contribution in [0, 0.1) is 0 Å². The molecule has 0 saturated heterocycles. The number of nitrogens with zero attached hydrogens (tertiary/aromatic N) is 2. The van der Waals surface area contributed by atoms with E-state index in [1.165, 1.54) is 11.1 Å². The van der Waals surface area contributed by atoms with Crippen molar-refractivity contribution >= 4 is 11.3 Å². The fraction of sp³-hybridized carbons (Fsp3) is 0.333. The summed E-state index contributed by atoms with van der Waals surface area (Å²) in [5.41, 5.74) is 10.9. The highest BCUT2D eigenvalue weighted by molar-refractivity contribution is 7.17. The Morgan fingerprint density at radius 2 is 1.81 bits per heavy atom. The molecular formula is C21H23N3O2S.